The largest absolute Gasteiger partial charge is 0.457 e. The number of para-hydroxylation sites is 1. The third-order valence-electron chi connectivity index (χ3n) is 4.48. The molecule has 4 aromatic rings. The summed E-state index contributed by atoms with van der Waals surface area (Å²) >= 11 is 0. The minimum Gasteiger partial charge on any atom is -0.457 e. The van der Waals surface area contributed by atoms with Crippen LogP contribution in [0.1, 0.15) is 12.8 Å². The fraction of sp³-hybridized carbons (Fsp3) is 0.0870. The Bertz CT molecular complexity index is 1200. The number of nitrogens with one attached hydrogen (secondary N) is 3. The lowest BCUT2D eigenvalue weighted by atomic mass is 10.2. The lowest BCUT2D eigenvalue weighted by molar-refractivity contribution is -0.121. The van der Waals surface area contributed by atoms with Gasteiger partial charge in [-0.15, -0.1) is 0 Å². The first kappa shape index (κ1) is 20.0. The summed E-state index contributed by atoms with van der Waals surface area (Å²) < 4.78 is 5.72. The second-order valence-electron chi connectivity index (χ2n) is 6.89. The molecule has 2 amide bonds. The number of anilines is 3. The molecular formula is C23H21N5O3. The van der Waals surface area contributed by atoms with Gasteiger partial charge in [-0.1, -0.05) is 18.2 Å². The zero-order valence-corrected chi connectivity index (χ0v) is 16.6. The molecule has 1 aromatic heterocycles. The molecule has 1 heterocycles. The molecule has 0 bridgehead atoms. The van der Waals surface area contributed by atoms with Gasteiger partial charge in [-0.05, 0) is 54.6 Å². The first-order valence-corrected chi connectivity index (χ1v) is 9.73. The van der Waals surface area contributed by atoms with E-state index in [1.807, 2.05) is 30.3 Å². The van der Waals surface area contributed by atoms with Crippen LogP contribution in [0.25, 0.3) is 11.0 Å². The molecule has 0 aliphatic carbocycles. The maximum atomic E-state index is 12.2. The van der Waals surface area contributed by atoms with Crippen molar-refractivity contribution in [2.75, 3.05) is 16.4 Å². The Hall–Kier alpha value is -4.33. The highest BCUT2D eigenvalue weighted by Crippen LogP contribution is 2.23. The van der Waals surface area contributed by atoms with Gasteiger partial charge in [0.1, 0.15) is 11.5 Å². The number of rotatable bonds is 7. The number of hydrogen-bond acceptors (Lipinski definition) is 5. The molecule has 0 spiro atoms. The molecule has 0 radical (unpaired) electrons. The van der Waals surface area contributed by atoms with Crippen LogP contribution in [-0.4, -0.2) is 21.8 Å². The van der Waals surface area contributed by atoms with Crippen molar-refractivity contribution in [2.24, 2.45) is 0 Å². The molecule has 0 saturated carbocycles. The van der Waals surface area contributed by atoms with Crippen molar-refractivity contribution in [2.45, 2.75) is 12.8 Å². The Kier molecular flexibility index (Phi) is 5.79. The van der Waals surface area contributed by atoms with Crippen LogP contribution < -0.4 is 21.1 Å². The summed E-state index contributed by atoms with van der Waals surface area (Å²) in [5.41, 5.74) is 8.31. The number of nitrogens with two attached hydrogens (primary N) is 1. The molecule has 5 N–H and O–H groups in total. The summed E-state index contributed by atoms with van der Waals surface area (Å²) in [7, 11) is 0. The van der Waals surface area contributed by atoms with E-state index in [0.29, 0.717) is 23.1 Å². The van der Waals surface area contributed by atoms with Gasteiger partial charge in [-0.25, -0.2) is 4.98 Å². The molecule has 31 heavy (non-hydrogen) atoms. The highest BCUT2D eigenvalue weighted by Gasteiger charge is 2.09. The number of H-pyrrole nitrogens is 1. The first-order valence-electron chi connectivity index (χ1n) is 9.73. The molecule has 4 rings (SSSR count). The Morgan fingerprint density at radius 2 is 1.45 bits per heavy atom. The van der Waals surface area contributed by atoms with Crippen molar-refractivity contribution in [1.29, 1.82) is 0 Å². The van der Waals surface area contributed by atoms with Crippen LogP contribution in [0.4, 0.5) is 17.3 Å². The number of fused-ring (bicyclic) bond motifs is 1. The lowest BCUT2D eigenvalue weighted by Gasteiger charge is -2.08. The minimum absolute atomic E-state index is 0.0597. The van der Waals surface area contributed by atoms with Crippen molar-refractivity contribution in [3.05, 3.63) is 72.8 Å². The summed E-state index contributed by atoms with van der Waals surface area (Å²) in [5, 5.41) is 5.55. The van der Waals surface area contributed by atoms with E-state index in [1.165, 1.54) is 0 Å². The molecule has 0 aliphatic rings. The van der Waals surface area contributed by atoms with E-state index in [0.717, 1.165) is 16.8 Å². The number of carbonyl (C=O) groups excluding carboxylic acids is 2. The smallest absolute Gasteiger partial charge is 0.224 e. The van der Waals surface area contributed by atoms with Crippen molar-refractivity contribution in [3.8, 4) is 11.5 Å². The highest BCUT2D eigenvalue weighted by molar-refractivity contribution is 5.97. The van der Waals surface area contributed by atoms with Gasteiger partial charge < -0.3 is 26.1 Å². The quantitative estimate of drug-likeness (QED) is 0.359. The average molecular weight is 415 g/mol. The molecule has 8 nitrogen and oxygen atoms in total. The lowest BCUT2D eigenvalue weighted by Crippen LogP contribution is -2.17. The third-order valence-corrected chi connectivity index (χ3v) is 4.48. The molecule has 8 heteroatoms. The maximum absolute atomic E-state index is 12.2. The standard InChI is InChI=1S/C23H21N5O3/c24-23-27-19-11-8-16(14-20(19)28-23)26-22(30)13-12-21(29)25-15-6-9-18(10-7-15)31-17-4-2-1-3-5-17/h1-11,14H,12-13H2,(H,25,29)(H,26,30)(H3,24,27,28). The number of amides is 2. The van der Waals surface area contributed by atoms with E-state index in [1.54, 1.807) is 42.5 Å². The Morgan fingerprint density at radius 1 is 0.839 bits per heavy atom. The summed E-state index contributed by atoms with van der Waals surface area (Å²) in [4.78, 5) is 31.4. The summed E-state index contributed by atoms with van der Waals surface area (Å²) in [6, 6.07) is 21.7. The van der Waals surface area contributed by atoms with E-state index in [-0.39, 0.29) is 24.7 Å². The number of hydrogen-bond donors (Lipinski definition) is 4. The zero-order chi connectivity index (χ0) is 21.6. The van der Waals surface area contributed by atoms with Crippen LogP contribution in [-0.2, 0) is 9.59 Å². The van der Waals surface area contributed by atoms with Gasteiger partial charge in [-0.3, -0.25) is 9.59 Å². The van der Waals surface area contributed by atoms with Crippen LogP contribution in [0.15, 0.2) is 72.8 Å². The first-order chi connectivity index (χ1) is 15.0. The predicted octanol–water partition coefficient (Wildman–Crippen LogP) is 4.29. The molecule has 156 valence electrons. The van der Waals surface area contributed by atoms with Gasteiger partial charge in [0.25, 0.3) is 0 Å². The van der Waals surface area contributed by atoms with Crippen LogP contribution in [0.5, 0.6) is 11.5 Å². The van der Waals surface area contributed by atoms with E-state index >= 15 is 0 Å². The number of ether oxygens (including phenoxy) is 1. The van der Waals surface area contributed by atoms with Gasteiger partial charge >= 0.3 is 0 Å². The van der Waals surface area contributed by atoms with Crippen molar-refractivity contribution in [3.63, 3.8) is 0 Å². The van der Waals surface area contributed by atoms with E-state index in [2.05, 4.69) is 20.6 Å². The van der Waals surface area contributed by atoms with Crippen molar-refractivity contribution in [1.82, 2.24) is 9.97 Å². The number of aromatic nitrogens is 2. The molecule has 0 unspecified atom stereocenters. The van der Waals surface area contributed by atoms with Gasteiger partial charge in [0.15, 0.2) is 5.95 Å². The van der Waals surface area contributed by atoms with E-state index in [4.69, 9.17) is 10.5 Å². The number of imidazole rings is 1. The Labute approximate surface area is 178 Å². The molecule has 0 aliphatic heterocycles. The fourth-order valence-corrected chi connectivity index (χ4v) is 3.01. The van der Waals surface area contributed by atoms with Crippen LogP contribution in [0.3, 0.4) is 0 Å². The predicted molar refractivity (Wildman–Crippen MR) is 120 cm³/mol. The number of benzene rings is 3. The molecule has 0 atom stereocenters. The number of nitrogen functional groups attached to an aromatic ring is 1. The molecular weight excluding hydrogens is 394 g/mol. The number of nitrogens with zero attached hydrogens (tertiary/aromatic N) is 1. The fourth-order valence-electron chi connectivity index (χ4n) is 3.01. The third kappa shape index (κ3) is 5.39. The average Bonchev–Trinajstić information content (AvgIpc) is 3.14. The molecule has 0 fully saturated rings. The second kappa shape index (κ2) is 9.00. The normalized spacial score (nSPS) is 10.6. The van der Waals surface area contributed by atoms with Gasteiger partial charge in [0.05, 0.1) is 11.0 Å². The number of carbonyl (C=O) groups is 2. The summed E-state index contributed by atoms with van der Waals surface area (Å²) in [5.74, 6) is 1.21. The molecule has 0 saturated heterocycles. The number of aromatic amines is 1. The maximum Gasteiger partial charge on any atom is 0.224 e. The highest BCUT2D eigenvalue weighted by atomic mass is 16.5. The van der Waals surface area contributed by atoms with Crippen LogP contribution in [0.2, 0.25) is 0 Å². The van der Waals surface area contributed by atoms with Crippen LogP contribution >= 0.6 is 0 Å². The Morgan fingerprint density at radius 3 is 2.16 bits per heavy atom. The van der Waals surface area contributed by atoms with Crippen molar-refractivity contribution >= 4 is 40.2 Å². The monoisotopic (exact) mass is 415 g/mol. The van der Waals surface area contributed by atoms with Gasteiger partial charge in [0, 0.05) is 24.2 Å². The van der Waals surface area contributed by atoms with E-state index in [9.17, 15) is 9.59 Å². The molecule has 3 aromatic carbocycles. The van der Waals surface area contributed by atoms with Gasteiger partial charge in [-0.2, -0.15) is 0 Å². The second-order valence-corrected chi connectivity index (χ2v) is 6.89. The zero-order valence-electron chi connectivity index (χ0n) is 16.6. The van der Waals surface area contributed by atoms with Crippen LogP contribution in [0, 0.1) is 0 Å². The topological polar surface area (TPSA) is 122 Å². The van der Waals surface area contributed by atoms with Crippen molar-refractivity contribution < 1.29 is 14.3 Å². The minimum atomic E-state index is -0.256. The Balaban J connectivity index is 1.25. The van der Waals surface area contributed by atoms with E-state index < -0.39 is 0 Å². The summed E-state index contributed by atoms with van der Waals surface area (Å²) in [6.07, 6.45) is 0.123. The summed E-state index contributed by atoms with van der Waals surface area (Å²) in [6.45, 7) is 0. The van der Waals surface area contributed by atoms with Gasteiger partial charge in [0.2, 0.25) is 11.8 Å². The SMILES string of the molecule is Nc1nc2ccc(NC(=O)CCC(=O)Nc3ccc(Oc4ccccc4)cc3)cc2[nH]1.